The average Bonchev–Trinajstić information content (AvgIpc) is 2.58. The van der Waals surface area contributed by atoms with E-state index in [1.165, 1.54) is 6.08 Å². The Morgan fingerprint density at radius 3 is 2.44 bits per heavy atom. The lowest BCUT2D eigenvalue weighted by molar-refractivity contribution is -0.122. The summed E-state index contributed by atoms with van der Waals surface area (Å²) in [7, 11) is 3.84. The number of carbonyl (C=O) groups is 3. The molecule has 1 aliphatic heterocycles. The lowest BCUT2D eigenvalue weighted by Gasteiger charge is -2.26. The van der Waals surface area contributed by atoms with E-state index < -0.39 is 17.8 Å². The number of barbiturate groups is 1. The van der Waals surface area contributed by atoms with Gasteiger partial charge < -0.3 is 4.90 Å². The molecular weight excluding hydrogens is 410 g/mol. The zero-order valence-electron chi connectivity index (χ0n) is 15.1. The lowest BCUT2D eigenvalue weighted by Crippen LogP contribution is -2.54. The number of hydrogen-bond acceptors (Lipinski definition) is 4. The summed E-state index contributed by atoms with van der Waals surface area (Å²) in [6, 6.07) is 11.7. The SMILES string of the molecule is Cc1cccc(N2C(=O)NC(=O)C(=Cc3ccc(N(C)C)c(Br)c3)C2=O)c1. The molecule has 0 bridgehead atoms. The van der Waals surface area contributed by atoms with Crippen LogP contribution in [0.2, 0.25) is 0 Å². The van der Waals surface area contributed by atoms with E-state index in [0.717, 1.165) is 20.6 Å². The van der Waals surface area contributed by atoms with Crippen molar-refractivity contribution in [2.45, 2.75) is 6.92 Å². The van der Waals surface area contributed by atoms with Crippen LogP contribution in [0, 0.1) is 6.92 Å². The maximum absolute atomic E-state index is 12.9. The molecule has 1 fully saturated rings. The van der Waals surface area contributed by atoms with Crippen molar-refractivity contribution >= 4 is 51.2 Å². The van der Waals surface area contributed by atoms with Crippen LogP contribution in [0.3, 0.4) is 0 Å². The first-order valence-corrected chi connectivity index (χ1v) is 9.02. The van der Waals surface area contributed by atoms with Crippen LogP contribution in [0.4, 0.5) is 16.2 Å². The van der Waals surface area contributed by atoms with Gasteiger partial charge in [0.15, 0.2) is 0 Å². The van der Waals surface area contributed by atoms with Gasteiger partial charge in [0.05, 0.1) is 11.4 Å². The number of aryl methyl sites for hydroxylation is 1. The molecule has 1 saturated heterocycles. The molecule has 27 heavy (non-hydrogen) atoms. The molecule has 1 aliphatic rings. The van der Waals surface area contributed by atoms with Gasteiger partial charge in [-0.2, -0.15) is 0 Å². The van der Waals surface area contributed by atoms with Crippen LogP contribution >= 0.6 is 15.9 Å². The van der Waals surface area contributed by atoms with Gasteiger partial charge in [-0.25, -0.2) is 9.69 Å². The number of halogens is 1. The van der Waals surface area contributed by atoms with Crippen molar-refractivity contribution in [3.8, 4) is 0 Å². The van der Waals surface area contributed by atoms with Crippen molar-refractivity contribution in [2.24, 2.45) is 0 Å². The highest BCUT2D eigenvalue weighted by molar-refractivity contribution is 9.10. The Hall–Kier alpha value is -2.93. The highest BCUT2D eigenvalue weighted by atomic mass is 79.9. The first kappa shape index (κ1) is 18.8. The van der Waals surface area contributed by atoms with E-state index in [-0.39, 0.29) is 5.57 Å². The van der Waals surface area contributed by atoms with Crippen molar-refractivity contribution in [2.75, 3.05) is 23.9 Å². The summed E-state index contributed by atoms with van der Waals surface area (Å²) in [6.45, 7) is 1.86. The number of benzene rings is 2. The number of rotatable bonds is 3. The summed E-state index contributed by atoms with van der Waals surface area (Å²) < 4.78 is 0.831. The molecule has 0 aromatic heterocycles. The van der Waals surface area contributed by atoms with Crippen molar-refractivity contribution < 1.29 is 14.4 Å². The maximum Gasteiger partial charge on any atom is 0.335 e. The standard InChI is InChI=1S/C20H18BrN3O3/c1-12-5-4-6-14(9-12)24-19(26)15(18(25)22-20(24)27)10-13-7-8-17(23(2)3)16(21)11-13/h4-11H,1-3H3,(H,22,25,27). The van der Waals surface area contributed by atoms with Gasteiger partial charge in [-0.1, -0.05) is 18.2 Å². The molecule has 138 valence electrons. The number of anilines is 2. The van der Waals surface area contributed by atoms with Gasteiger partial charge >= 0.3 is 6.03 Å². The Labute approximate surface area is 165 Å². The third-order valence-corrected chi connectivity index (χ3v) is 4.76. The van der Waals surface area contributed by atoms with Crippen LogP contribution in [0.5, 0.6) is 0 Å². The Balaban J connectivity index is 2.00. The van der Waals surface area contributed by atoms with Crippen LogP contribution in [0.25, 0.3) is 6.08 Å². The molecular formula is C20H18BrN3O3. The van der Waals surface area contributed by atoms with Crippen molar-refractivity contribution in [1.29, 1.82) is 0 Å². The Bertz CT molecular complexity index is 982. The van der Waals surface area contributed by atoms with Gasteiger partial charge in [0.25, 0.3) is 11.8 Å². The number of hydrogen-bond donors (Lipinski definition) is 1. The lowest BCUT2D eigenvalue weighted by atomic mass is 10.1. The molecule has 6 nitrogen and oxygen atoms in total. The number of imide groups is 2. The number of nitrogens with zero attached hydrogens (tertiary/aromatic N) is 2. The number of nitrogens with one attached hydrogen (secondary N) is 1. The molecule has 2 aromatic carbocycles. The second kappa shape index (κ2) is 7.36. The second-order valence-corrected chi connectivity index (χ2v) is 7.26. The van der Waals surface area contributed by atoms with Crippen LogP contribution in [0.15, 0.2) is 52.5 Å². The molecule has 0 saturated carbocycles. The topological polar surface area (TPSA) is 69.7 Å². The fourth-order valence-corrected chi connectivity index (χ4v) is 3.55. The summed E-state index contributed by atoms with van der Waals surface area (Å²) in [4.78, 5) is 40.3. The zero-order chi connectivity index (χ0) is 19.7. The van der Waals surface area contributed by atoms with E-state index in [0.29, 0.717) is 11.3 Å². The van der Waals surface area contributed by atoms with Gasteiger partial charge in [-0.15, -0.1) is 0 Å². The monoisotopic (exact) mass is 427 g/mol. The highest BCUT2D eigenvalue weighted by Crippen LogP contribution is 2.28. The second-order valence-electron chi connectivity index (χ2n) is 6.40. The minimum atomic E-state index is -0.753. The summed E-state index contributed by atoms with van der Waals surface area (Å²) in [5, 5.41) is 2.23. The molecule has 0 aliphatic carbocycles. The van der Waals surface area contributed by atoms with Gasteiger partial charge in [0.1, 0.15) is 5.57 Å². The maximum atomic E-state index is 12.9. The van der Waals surface area contributed by atoms with Crippen molar-refractivity contribution in [1.82, 2.24) is 5.32 Å². The molecule has 1 N–H and O–H groups in total. The van der Waals surface area contributed by atoms with E-state index in [9.17, 15) is 14.4 Å². The highest BCUT2D eigenvalue weighted by Gasteiger charge is 2.36. The Morgan fingerprint density at radius 2 is 1.81 bits per heavy atom. The van der Waals surface area contributed by atoms with Gasteiger partial charge in [-0.3, -0.25) is 14.9 Å². The Morgan fingerprint density at radius 1 is 1.07 bits per heavy atom. The molecule has 0 spiro atoms. The number of urea groups is 1. The zero-order valence-corrected chi connectivity index (χ0v) is 16.7. The summed E-state index contributed by atoms with van der Waals surface area (Å²) in [5.41, 5.74) is 2.86. The molecule has 4 amide bonds. The van der Waals surface area contributed by atoms with Crippen molar-refractivity contribution in [3.05, 3.63) is 63.6 Å². The predicted octanol–water partition coefficient (Wildman–Crippen LogP) is 3.49. The molecule has 0 unspecified atom stereocenters. The first-order chi connectivity index (χ1) is 12.8. The van der Waals surface area contributed by atoms with E-state index in [1.807, 2.05) is 44.1 Å². The van der Waals surface area contributed by atoms with E-state index in [2.05, 4.69) is 21.2 Å². The quantitative estimate of drug-likeness (QED) is 0.601. The van der Waals surface area contributed by atoms with Crippen LogP contribution in [-0.4, -0.2) is 31.9 Å². The summed E-state index contributed by atoms with van der Waals surface area (Å²) in [6.07, 6.45) is 1.48. The van der Waals surface area contributed by atoms with E-state index in [4.69, 9.17) is 0 Å². The fourth-order valence-electron chi connectivity index (χ4n) is 2.80. The van der Waals surface area contributed by atoms with E-state index in [1.54, 1.807) is 24.3 Å². The number of carbonyl (C=O) groups excluding carboxylic acids is 3. The van der Waals surface area contributed by atoms with E-state index >= 15 is 0 Å². The van der Waals surface area contributed by atoms with Gasteiger partial charge in [0.2, 0.25) is 0 Å². The van der Waals surface area contributed by atoms with Crippen molar-refractivity contribution in [3.63, 3.8) is 0 Å². The average molecular weight is 428 g/mol. The fraction of sp³-hybridized carbons (Fsp3) is 0.150. The van der Waals surface area contributed by atoms with Crippen LogP contribution in [0.1, 0.15) is 11.1 Å². The smallest absolute Gasteiger partial charge is 0.335 e. The third kappa shape index (κ3) is 3.78. The minimum absolute atomic E-state index is 0.0967. The Kier molecular flexibility index (Phi) is 5.14. The predicted molar refractivity (Wildman–Crippen MR) is 109 cm³/mol. The molecule has 2 aromatic rings. The molecule has 1 heterocycles. The summed E-state index contributed by atoms with van der Waals surface area (Å²) >= 11 is 3.49. The first-order valence-electron chi connectivity index (χ1n) is 8.23. The summed E-state index contributed by atoms with van der Waals surface area (Å²) in [5.74, 6) is -1.36. The molecule has 0 radical (unpaired) electrons. The number of amides is 4. The minimum Gasteiger partial charge on any atom is -0.377 e. The van der Waals surface area contributed by atoms with Crippen LogP contribution < -0.4 is 15.1 Å². The van der Waals surface area contributed by atoms with Gasteiger partial charge in [-0.05, 0) is 64.3 Å². The molecule has 7 heteroatoms. The van der Waals surface area contributed by atoms with Crippen LogP contribution in [-0.2, 0) is 9.59 Å². The molecule has 0 atom stereocenters. The molecule has 3 rings (SSSR count). The largest absolute Gasteiger partial charge is 0.377 e. The third-order valence-electron chi connectivity index (χ3n) is 4.13. The van der Waals surface area contributed by atoms with Gasteiger partial charge in [0, 0.05) is 18.6 Å². The normalized spacial score (nSPS) is 15.9.